The van der Waals surface area contributed by atoms with E-state index in [1.807, 2.05) is 0 Å². The number of hydrogen-bond acceptors (Lipinski definition) is 5. The minimum absolute atomic E-state index is 0.0960. The number of aromatic amines is 1. The number of nitrogens with one attached hydrogen (secondary N) is 1. The van der Waals surface area contributed by atoms with Crippen LogP contribution in [0.1, 0.15) is 0 Å². The summed E-state index contributed by atoms with van der Waals surface area (Å²) in [6, 6.07) is 5.02. The molecule has 0 amide bonds. The molecule has 4 nitrogen and oxygen atoms in total. The average Bonchev–Trinajstić information content (AvgIpc) is 2.59. The summed E-state index contributed by atoms with van der Waals surface area (Å²) in [5, 5.41) is 10.1. The van der Waals surface area contributed by atoms with Crippen molar-refractivity contribution in [2.75, 3.05) is 12.8 Å². The van der Waals surface area contributed by atoms with Gasteiger partial charge in [-0.1, -0.05) is 11.3 Å². The molecule has 6 heteroatoms. The van der Waals surface area contributed by atoms with Gasteiger partial charge in [0.05, 0.1) is 12.8 Å². The molecule has 0 bridgehead atoms. The number of ether oxygens (including phenoxy) is 1. The van der Waals surface area contributed by atoms with E-state index in [4.69, 9.17) is 22.7 Å². The van der Waals surface area contributed by atoms with Crippen LogP contribution in [0, 0.1) is 3.95 Å². The van der Waals surface area contributed by atoms with Crippen molar-refractivity contribution in [1.82, 2.24) is 4.98 Å². The molecule has 0 atom stereocenters. The van der Waals surface area contributed by atoms with Crippen molar-refractivity contribution in [3.8, 4) is 22.8 Å². The van der Waals surface area contributed by atoms with Crippen molar-refractivity contribution in [3.05, 3.63) is 22.2 Å². The lowest BCUT2D eigenvalue weighted by Crippen LogP contribution is -1.88. The second kappa shape index (κ2) is 4.15. The van der Waals surface area contributed by atoms with E-state index in [2.05, 4.69) is 4.98 Å². The lowest BCUT2D eigenvalue weighted by molar-refractivity contribution is 0.373. The molecule has 0 aliphatic rings. The zero-order chi connectivity index (χ0) is 11.7. The number of anilines is 1. The first kappa shape index (κ1) is 11.0. The Morgan fingerprint density at radius 3 is 2.81 bits per heavy atom. The van der Waals surface area contributed by atoms with Gasteiger partial charge in [-0.15, -0.1) is 0 Å². The summed E-state index contributed by atoms with van der Waals surface area (Å²) in [4.78, 5) is 3.00. The number of aromatic nitrogens is 1. The number of nitrogen functional groups attached to an aromatic ring is 1. The van der Waals surface area contributed by atoms with Crippen molar-refractivity contribution in [2.24, 2.45) is 0 Å². The number of methoxy groups -OCH3 is 1. The molecule has 0 fully saturated rings. The summed E-state index contributed by atoms with van der Waals surface area (Å²) in [6.45, 7) is 0. The van der Waals surface area contributed by atoms with E-state index in [-0.39, 0.29) is 5.75 Å². The van der Waals surface area contributed by atoms with Crippen LogP contribution >= 0.6 is 23.6 Å². The Morgan fingerprint density at radius 1 is 1.50 bits per heavy atom. The molecule has 4 N–H and O–H groups in total. The van der Waals surface area contributed by atoms with Crippen molar-refractivity contribution < 1.29 is 9.84 Å². The van der Waals surface area contributed by atoms with Gasteiger partial charge in [-0.05, 0) is 30.4 Å². The number of phenols is 1. The first-order valence-corrected chi connectivity index (χ1v) is 5.70. The predicted octanol–water partition coefficient (Wildman–Crippen LogP) is 2.77. The van der Waals surface area contributed by atoms with E-state index in [0.717, 1.165) is 11.3 Å². The third-order valence-electron chi connectivity index (χ3n) is 2.14. The van der Waals surface area contributed by atoms with Crippen molar-refractivity contribution in [1.29, 1.82) is 0 Å². The number of rotatable bonds is 2. The highest BCUT2D eigenvalue weighted by Crippen LogP contribution is 2.34. The van der Waals surface area contributed by atoms with Gasteiger partial charge in [0, 0.05) is 5.56 Å². The zero-order valence-corrected chi connectivity index (χ0v) is 10.1. The van der Waals surface area contributed by atoms with E-state index < -0.39 is 0 Å². The van der Waals surface area contributed by atoms with Gasteiger partial charge in [0.1, 0.15) is 5.00 Å². The lowest BCUT2D eigenvalue weighted by Gasteiger charge is -2.05. The molecule has 0 saturated carbocycles. The summed E-state index contributed by atoms with van der Waals surface area (Å²) in [5.74, 6) is 0.501. The first-order chi connectivity index (χ1) is 7.61. The summed E-state index contributed by atoms with van der Waals surface area (Å²) in [6.07, 6.45) is 0. The predicted molar refractivity (Wildman–Crippen MR) is 67.6 cm³/mol. The van der Waals surface area contributed by atoms with Crippen molar-refractivity contribution in [2.45, 2.75) is 0 Å². The van der Waals surface area contributed by atoms with E-state index in [0.29, 0.717) is 14.7 Å². The molecule has 0 aliphatic carbocycles. The maximum atomic E-state index is 9.47. The average molecular weight is 254 g/mol. The van der Waals surface area contributed by atoms with Crippen LogP contribution in [0.2, 0.25) is 0 Å². The molecule has 0 spiro atoms. The highest BCUT2D eigenvalue weighted by atomic mass is 32.1. The van der Waals surface area contributed by atoms with E-state index in [9.17, 15) is 5.11 Å². The van der Waals surface area contributed by atoms with Crippen LogP contribution in [0.5, 0.6) is 11.5 Å². The van der Waals surface area contributed by atoms with Crippen LogP contribution in [-0.4, -0.2) is 17.2 Å². The Morgan fingerprint density at radius 2 is 2.25 bits per heavy atom. The Kier molecular flexibility index (Phi) is 2.84. The monoisotopic (exact) mass is 254 g/mol. The van der Waals surface area contributed by atoms with Gasteiger partial charge >= 0.3 is 0 Å². The number of hydrogen-bond donors (Lipinski definition) is 3. The normalized spacial score (nSPS) is 10.3. The highest BCUT2D eigenvalue weighted by Gasteiger charge is 2.09. The number of nitrogens with two attached hydrogens (primary N) is 1. The summed E-state index contributed by atoms with van der Waals surface area (Å²) < 4.78 is 5.65. The van der Waals surface area contributed by atoms with Crippen molar-refractivity contribution in [3.63, 3.8) is 0 Å². The van der Waals surface area contributed by atoms with Crippen LogP contribution < -0.4 is 10.5 Å². The largest absolute Gasteiger partial charge is 0.504 e. The molecular weight excluding hydrogens is 244 g/mol. The summed E-state index contributed by atoms with van der Waals surface area (Å²) in [7, 11) is 1.50. The van der Waals surface area contributed by atoms with E-state index >= 15 is 0 Å². The molecule has 1 heterocycles. The fourth-order valence-electron chi connectivity index (χ4n) is 1.39. The van der Waals surface area contributed by atoms with Gasteiger partial charge in [0.25, 0.3) is 0 Å². The number of thiazole rings is 1. The van der Waals surface area contributed by atoms with Crippen LogP contribution in [0.15, 0.2) is 18.2 Å². The standard InChI is InChI=1S/C10H10N2O2S2/c1-14-7-4-5(2-3-6(7)13)8-9(11)16-10(15)12-8/h2-4,13H,11H2,1H3,(H,12,15). The molecule has 1 aromatic heterocycles. The molecule has 2 rings (SSSR count). The topological polar surface area (TPSA) is 71.3 Å². The van der Waals surface area contributed by atoms with Crippen LogP contribution in [0.3, 0.4) is 0 Å². The smallest absolute Gasteiger partial charge is 0.161 e. The molecule has 1 aromatic carbocycles. The molecule has 16 heavy (non-hydrogen) atoms. The molecule has 0 saturated heterocycles. The minimum atomic E-state index is 0.0960. The quantitative estimate of drug-likeness (QED) is 0.721. The second-order valence-corrected chi connectivity index (χ2v) is 4.86. The van der Waals surface area contributed by atoms with E-state index in [1.54, 1.807) is 18.2 Å². The maximum absolute atomic E-state index is 9.47. The highest BCUT2D eigenvalue weighted by molar-refractivity contribution is 7.73. The van der Waals surface area contributed by atoms with Gasteiger partial charge in [0.2, 0.25) is 0 Å². The van der Waals surface area contributed by atoms with Crippen LogP contribution in [0.4, 0.5) is 5.00 Å². The van der Waals surface area contributed by atoms with Crippen LogP contribution in [-0.2, 0) is 0 Å². The molecule has 0 aliphatic heterocycles. The second-order valence-electron chi connectivity index (χ2n) is 3.14. The molecule has 0 unspecified atom stereocenters. The van der Waals surface area contributed by atoms with Gasteiger partial charge in [-0.2, -0.15) is 0 Å². The van der Waals surface area contributed by atoms with Gasteiger partial charge < -0.3 is 20.6 Å². The summed E-state index contributed by atoms with van der Waals surface area (Å²) in [5.41, 5.74) is 7.41. The summed E-state index contributed by atoms with van der Waals surface area (Å²) >= 11 is 6.33. The SMILES string of the molecule is COc1cc(-c2[nH]c(=S)sc2N)ccc1O. The van der Waals surface area contributed by atoms with Gasteiger partial charge in [-0.3, -0.25) is 0 Å². The molecule has 2 aromatic rings. The third-order valence-corrected chi connectivity index (χ3v) is 3.21. The first-order valence-electron chi connectivity index (χ1n) is 4.48. The molecule has 84 valence electrons. The fourth-order valence-corrected chi connectivity index (χ4v) is 2.38. The lowest BCUT2D eigenvalue weighted by atomic mass is 10.1. The number of benzene rings is 1. The third kappa shape index (κ3) is 1.89. The molecular formula is C10H10N2O2S2. The fraction of sp³-hybridized carbons (Fsp3) is 0.100. The molecule has 0 radical (unpaired) electrons. The number of H-pyrrole nitrogens is 1. The van der Waals surface area contributed by atoms with Crippen LogP contribution in [0.25, 0.3) is 11.3 Å². The number of aromatic hydroxyl groups is 1. The maximum Gasteiger partial charge on any atom is 0.161 e. The Bertz CT molecular complexity index is 574. The van der Waals surface area contributed by atoms with Gasteiger partial charge in [-0.25, -0.2) is 0 Å². The van der Waals surface area contributed by atoms with E-state index in [1.165, 1.54) is 18.4 Å². The Balaban J connectivity index is 2.56. The van der Waals surface area contributed by atoms with Gasteiger partial charge in [0.15, 0.2) is 15.5 Å². The van der Waals surface area contributed by atoms with Crippen molar-refractivity contribution >= 4 is 28.6 Å². The Labute approximate surface area is 101 Å². The minimum Gasteiger partial charge on any atom is -0.504 e. The zero-order valence-electron chi connectivity index (χ0n) is 8.48. The Hall–Kier alpha value is -1.53. The number of phenolic OH excluding ortho intramolecular Hbond substituents is 1.